The van der Waals surface area contributed by atoms with Crippen LogP contribution in [0.15, 0.2) is 36.7 Å². The van der Waals surface area contributed by atoms with E-state index in [1.807, 2.05) is 18.2 Å². The van der Waals surface area contributed by atoms with Crippen molar-refractivity contribution in [2.75, 3.05) is 32.7 Å². The van der Waals surface area contributed by atoms with Crippen LogP contribution < -0.4 is 20.1 Å². The summed E-state index contributed by atoms with van der Waals surface area (Å²) in [5, 5.41) is 6.12. The number of nitrogens with zero attached hydrogens (tertiary/aromatic N) is 1. The van der Waals surface area contributed by atoms with Crippen molar-refractivity contribution in [3.8, 4) is 11.5 Å². The molecule has 3 rings (SSSR count). The van der Waals surface area contributed by atoms with Gasteiger partial charge in [-0.2, -0.15) is 0 Å². The van der Waals surface area contributed by atoms with E-state index in [0.29, 0.717) is 29.3 Å². The van der Waals surface area contributed by atoms with E-state index in [4.69, 9.17) is 14.2 Å². The second kappa shape index (κ2) is 8.53. The highest BCUT2D eigenvalue weighted by Gasteiger charge is 2.17. The predicted molar refractivity (Wildman–Crippen MR) is 98.4 cm³/mol. The quantitative estimate of drug-likeness (QED) is 0.793. The smallest absolute Gasteiger partial charge is 0.253 e. The van der Waals surface area contributed by atoms with E-state index in [0.717, 1.165) is 25.1 Å². The zero-order chi connectivity index (χ0) is 18.4. The maximum atomic E-state index is 12.3. The minimum Gasteiger partial charge on any atom is -0.493 e. The fraction of sp³-hybridized carbons (Fsp3) is 0.368. The summed E-state index contributed by atoms with van der Waals surface area (Å²) >= 11 is 0. The van der Waals surface area contributed by atoms with Gasteiger partial charge < -0.3 is 24.8 Å². The molecule has 26 heavy (non-hydrogen) atoms. The van der Waals surface area contributed by atoms with Crippen LogP contribution in [0.25, 0.3) is 0 Å². The highest BCUT2D eigenvalue weighted by molar-refractivity contribution is 5.94. The minimum absolute atomic E-state index is 0.111. The number of carbonyl (C=O) groups is 1. The number of rotatable bonds is 7. The molecule has 1 unspecified atom stereocenters. The van der Waals surface area contributed by atoms with Gasteiger partial charge in [0.25, 0.3) is 5.91 Å². The Morgan fingerprint density at radius 3 is 2.77 bits per heavy atom. The highest BCUT2D eigenvalue weighted by atomic mass is 16.5. The molecule has 1 aromatic carbocycles. The lowest BCUT2D eigenvalue weighted by Crippen LogP contribution is -2.31. The Balaban J connectivity index is 1.66. The van der Waals surface area contributed by atoms with Gasteiger partial charge in [-0.05, 0) is 31.0 Å². The van der Waals surface area contributed by atoms with Crippen molar-refractivity contribution < 1.29 is 19.0 Å². The third-order valence-corrected chi connectivity index (χ3v) is 4.19. The normalized spacial score (nSPS) is 16.2. The van der Waals surface area contributed by atoms with Crippen LogP contribution in [0.4, 0.5) is 11.4 Å². The van der Waals surface area contributed by atoms with E-state index in [9.17, 15) is 4.79 Å². The average molecular weight is 357 g/mol. The number of anilines is 2. The third-order valence-electron chi connectivity index (χ3n) is 4.19. The second-order valence-corrected chi connectivity index (χ2v) is 6.00. The van der Waals surface area contributed by atoms with Crippen LogP contribution in [-0.2, 0) is 4.74 Å². The van der Waals surface area contributed by atoms with Crippen molar-refractivity contribution in [2.45, 2.75) is 18.9 Å². The highest BCUT2D eigenvalue weighted by Crippen LogP contribution is 2.31. The molecule has 1 saturated heterocycles. The number of amides is 1. The van der Waals surface area contributed by atoms with Gasteiger partial charge in [-0.25, -0.2) is 0 Å². The number of hydrogen-bond acceptors (Lipinski definition) is 6. The van der Waals surface area contributed by atoms with Gasteiger partial charge in [-0.3, -0.25) is 9.78 Å². The Bertz CT molecular complexity index is 760. The zero-order valence-electron chi connectivity index (χ0n) is 15.0. The molecular formula is C19H23N3O4. The molecule has 0 saturated carbocycles. The summed E-state index contributed by atoms with van der Waals surface area (Å²) in [4.78, 5) is 16.5. The summed E-state index contributed by atoms with van der Waals surface area (Å²) in [5.41, 5.74) is 2.01. The van der Waals surface area contributed by atoms with Crippen LogP contribution in [0.3, 0.4) is 0 Å². The molecule has 2 aromatic rings. The lowest BCUT2D eigenvalue weighted by Gasteiger charge is -2.13. The van der Waals surface area contributed by atoms with Crippen LogP contribution in [-0.4, -0.2) is 44.4 Å². The molecule has 1 amide bonds. The first-order chi connectivity index (χ1) is 12.7. The summed E-state index contributed by atoms with van der Waals surface area (Å²) in [6, 6.07) is 7.26. The Morgan fingerprint density at radius 1 is 1.19 bits per heavy atom. The molecular weight excluding hydrogens is 334 g/mol. The maximum absolute atomic E-state index is 12.3. The van der Waals surface area contributed by atoms with E-state index >= 15 is 0 Å². The lowest BCUT2D eigenvalue weighted by atomic mass is 10.2. The van der Waals surface area contributed by atoms with Crippen LogP contribution in [0.1, 0.15) is 23.2 Å². The first-order valence-electron chi connectivity index (χ1n) is 8.53. The van der Waals surface area contributed by atoms with Gasteiger partial charge >= 0.3 is 0 Å². The summed E-state index contributed by atoms with van der Waals surface area (Å²) < 4.78 is 16.1. The topological polar surface area (TPSA) is 81.7 Å². The van der Waals surface area contributed by atoms with Crippen molar-refractivity contribution in [3.05, 3.63) is 42.2 Å². The summed E-state index contributed by atoms with van der Waals surface area (Å²) in [7, 11) is 3.18. The van der Waals surface area contributed by atoms with E-state index in [2.05, 4.69) is 15.6 Å². The van der Waals surface area contributed by atoms with Gasteiger partial charge in [0.1, 0.15) is 0 Å². The number of hydrogen-bond donors (Lipinski definition) is 2. The van der Waals surface area contributed by atoms with Crippen LogP contribution in [0.2, 0.25) is 0 Å². The van der Waals surface area contributed by atoms with Gasteiger partial charge in [-0.1, -0.05) is 0 Å². The number of benzene rings is 1. The van der Waals surface area contributed by atoms with Crippen molar-refractivity contribution >= 4 is 17.3 Å². The monoisotopic (exact) mass is 357 g/mol. The molecule has 2 heterocycles. The van der Waals surface area contributed by atoms with E-state index < -0.39 is 0 Å². The van der Waals surface area contributed by atoms with Crippen molar-refractivity contribution in [1.29, 1.82) is 0 Å². The van der Waals surface area contributed by atoms with Gasteiger partial charge in [0.15, 0.2) is 11.5 Å². The molecule has 138 valence electrons. The third kappa shape index (κ3) is 4.43. The molecule has 1 aliphatic heterocycles. The van der Waals surface area contributed by atoms with E-state index in [1.54, 1.807) is 32.7 Å². The molecule has 1 fully saturated rings. The number of pyridine rings is 1. The van der Waals surface area contributed by atoms with Crippen molar-refractivity contribution in [2.24, 2.45) is 0 Å². The Morgan fingerprint density at radius 2 is 2.04 bits per heavy atom. The van der Waals surface area contributed by atoms with Gasteiger partial charge in [-0.15, -0.1) is 0 Å². The first kappa shape index (κ1) is 18.0. The summed E-state index contributed by atoms with van der Waals surface area (Å²) in [5.74, 6) is 1.11. The first-order valence-corrected chi connectivity index (χ1v) is 8.53. The van der Waals surface area contributed by atoms with E-state index in [1.165, 1.54) is 0 Å². The molecule has 1 atom stereocenters. The predicted octanol–water partition coefficient (Wildman–Crippen LogP) is 2.75. The number of carbonyl (C=O) groups excluding carboxylic acids is 1. The molecule has 2 N–H and O–H groups in total. The fourth-order valence-corrected chi connectivity index (χ4v) is 2.83. The Kier molecular flexibility index (Phi) is 5.91. The Hall–Kier alpha value is -2.80. The largest absolute Gasteiger partial charge is 0.493 e. The second-order valence-electron chi connectivity index (χ2n) is 6.00. The lowest BCUT2D eigenvalue weighted by molar-refractivity contribution is 0.0857. The summed E-state index contributed by atoms with van der Waals surface area (Å²) in [6.07, 6.45) is 5.35. The number of aromatic nitrogens is 1. The molecule has 7 heteroatoms. The SMILES string of the molecule is COc1ccc(Nc2cncc(C(=O)NCC3CCCO3)c2)cc1OC. The van der Waals surface area contributed by atoms with Gasteiger partial charge in [0.05, 0.1) is 37.8 Å². The standard InChI is InChI=1S/C19H23N3O4/c1-24-17-6-5-14(9-18(17)25-2)22-15-8-13(10-20-11-15)19(23)21-12-16-4-3-7-26-16/h5-6,8-11,16,22H,3-4,7,12H2,1-2H3,(H,21,23). The van der Waals surface area contributed by atoms with Crippen LogP contribution in [0.5, 0.6) is 11.5 Å². The van der Waals surface area contributed by atoms with Gasteiger partial charge in [0, 0.05) is 31.1 Å². The molecule has 0 spiro atoms. The van der Waals surface area contributed by atoms with Crippen molar-refractivity contribution in [1.82, 2.24) is 10.3 Å². The van der Waals surface area contributed by atoms with Crippen molar-refractivity contribution in [3.63, 3.8) is 0 Å². The Labute approximate surface area is 152 Å². The zero-order valence-corrected chi connectivity index (χ0v) is 15.0. The minimum atomic E-state index is -0.163. The summed E-state index contributed by atoms with van der Waals surface area (Å²) in [6.45, 7) is 1.29. The molecule has 0 aliphatic carbocycles. The molecule has 7 nitrogen and oxygen atoms in total. The van der Waals surface area contributed by atoms with Crippen LogP contribution >= 0.6 is 0 Å². The fourth-order valence-electron chi connectivity index (χ4n) is 2.83. The maximum Gasteiger partial charge on any atom is 0.253 e. The molecule has 0 radical (unpaired) electrons. The molecule has 1 aromatic heterocycles. The average Bonchev–Trinajstić information content (AvgIpc) is 3.20. The number of methoxy groups -OCH3 is 2. The van der Waals surface area contributed by atoms with Gasteiger partial charge in [0.2, 0.25) is 0 Å². The number of nitrogens with one attached hydrogen (secondary N) is 2. The van der Waals surface area contributed by atoms with Crippen LogP contribution in [0, 0.1) is 0 Å². The number of ether oxygens (including phenoxy) is 3. The molecule has 1 aliphatic rings. The molecule has 0 bridgehead atoms. The van der Waals surface area contributed by atoms with E-state index in [-0.39, 0.29) is 12.0 Å².